The molecule has 1 heterocycles. The van der Waals surface area contributed by atoms with Gasteiger partial charge in [-0.1, -0.05) is 54.1 Å². The highest BCUT2D eigenvalue weighted by Gasteiger charge is 2.19. The van der Waals surface area contributed by atoms with E-state index < -0.39 is 0 Å². The number of nitrogens with zero attached hydrogens (tertiary/aromatic N) is 2. The highest BCUT2D eigenvalue weighted by molar-refractivity contribution is 6.30. The molecule has 0 unspecified atom stereocenters. The molecule has 1 amide bonds. The van der Waals surface area contributed by atoms with Crippen molar-refractivity contribution in [2.24, 2.45) is 0 Å². The number of amides is 1. The SMILES string of the molecule is Cc1cc(Cl)ccc1OCCCC(=O)N1CCN(CC=Cc2ccccc2)CC1. The van der Waals surface area contributed by atoms with Gasteiger partial charge in [-0.2, -0.15) is 0 Å². The average molecular weight is 413 g/mol. The summed E-state index contributed by atoms with van der Waals surface area (Å²) in [6, 6.07) is 15.9. The van der Waals surface area contributed by atoms with Crippen molar-refractivity contribution >= 4 is 23.6 Å². The molecule has 0 aliphatic carbocycles. The van der Waals surface area contributed by atoms with Crippen LogP contribution in [0.4, 0.5) is 0 Å². The van der Waals surface area contributed by atoms with Crippen LogP contribution in [-0.4, -0.2) is 55.0 Å². The van der Waals surface area contributed by atoms with Gasteiger partial charge in [0.05, 0.1) is 6.61 Å². The number of carbonyl (C=O) groups excluding carboxylic acids is 1. The van der Waals surface area contributed by atoms with Gasteiger partial charge < -0.3 is 9.64 Å². The Morgan fingerprint density at radius 2 is 1.86 bits per heavy atom. The number of benzene rings is 2. The molecule has 0 aromatic heterocycles. The lowest BCUT2D eigenvalue weighted by molar-refractivity contribution is -0.133. The summed E-state index contributed by atoms with van der Waals surface area (Å²) in [6.45, 7) is 6.88. The average Bonchev–Trinajstić information content (AvgIpc) is 2.73. The molecule has 2 aromatic rings. The van der Waals surface area contributed by atoms with Gasteiger partial charge >= 0.3 is 0 Å². The second kappa shape index (κ2) is 11.0. The first-order valence-corrected chi connectivity index (χ1v) is 10.6. The molecule has 0 atom stereocenters. The minimum atomic E-state index is 0.223. The molecule has 1 aliphatic heterocycles. The lowest BCUT2D eigenvalue weighted by Gasteiger charge is -2.34. The Labute approximate surface area is 178 Å². The summed E-state index contributed by atoms with van der Waals surface area (Å²) in [5.74, 6) is 1.06. The van der Waals surface area contributed by atoms with Gasteiger partial charge in [0.2, 0.25) is 5.91 Å². The van der Waals surface area contributed by atoms with Crippen LogP contribution in [0.2, 0.25) is 5.02 Å². The quantitative estimate of drug-likeness (QED) is 0.591. The number of ether oxygens (including phenoxy) is 1. The van der Waals surface area contributed by atoms with E-state index in [0.29, 0.717) is 18.1 Å². The Morgan fingerprint density at radius 1 is 1.10 bits per heavy atom. The Morgan fingerprint density at radius 3 is 2.59 bits per heavy atom. The molecule has 0 N–H and O–H groups in total. The van der Waals surface area contributed by atoms with Gasteiger partial charge in [-0.25, -0.2) is 0 Å². The summed E-state index contributed by atoms with van der Waals surface area (Å²) in [7, 11) is 0. The van der Waals surface area contributed by atoms with E-state index >= 15 is 0 Å². The predicted molar refractivity (Wildman–Crippen MR) is 119 cm³/mol. The third-order valence-electron chi connectivity index (χ3n) is 5.13. The van der Waals surface area contributed by atoms with Crippen LogP contribution in [0.5, 0.6) is 5.75 Å². The normalized spacial score (nSPS) is 15.0. The van der Waals surface area contributed by atoms with Crippen LogP contribution in [0.3, 0.4) is 0 Å². The van der Waals surface area contributed by atoms with Crippen LogP contribution in [0.25, 0.3) is 6.08 Å². The van der Waals surface area contributed by atoms with Gasteiger partial charge in [-0.3, -0.25) is 9.69 Å². The Kier molecular flexibility index (Phi) is 8.14. The van der Waals surface area contributed by atoms with Gasteiger partial charge in [0.25, 0.3) is 0 Å². The molecule has 1 saturated heterocycles. The number of piperazine rings is 1. The van der Waals surface area contributed by atoms with Crippen molar-refractivity contribution in [3.63, 3.8) is 0 Å². The summed E-state index contributed by atoms with van der Waals surface area (Å²) in [4.78, 5) is 16.8. The zero-order valence-electron chi connectivity index (χ0n) is 17.0. The Balaban J connectivity index is 1.32. The fourth-order valence-electron chi connectivity index (χ4n) is 3.42. The van der Waals surface area contributed by atoms with E-state index in [0.717, 1.165) is 50.5 Å². The van der Waals surface area contributed by atoms with Crippen LogP contribution in [0.1, 0.15) is 24.0 Å². The first-order chi connectivity index (χ1) is 14.1. The third kappa shape index (κ3) is 6.91. The molecule has 4 nitrogen and oxygen atoms in total. The van der Waals surface area contributed by atoms with Crippen molar-refractivity contribution in [2.45, 2.75) is 19.8 Å². The number of hydrogen-bond acceptors (Lipinski definition) is 3. The maximum absolute atomic E-state index is 12.4. The predicted octanol–water partition coefficient (Wildman–Crippen LogP) is 4.67. The third-order valence-corrected chi connectivity index (χ3v) is 5.36. The molecule has 0 spiro atoms. The topological polar surface area (TPSA) is 32.8 Å². The minimum absolute atomic E-state index is 0.223. The van der Waals surface area contributed by atoms with Crippen molar-refractivity contribution in [3.05, 3.63) is 70.8 Å². The van der Waals surface area contributed by atoms with Crippen molar-refractivity contribution in [1.82, 2.24) is 9.80 Å². The van der Waals surface area contributed by atoms with Gasteiger partial charge in [0, 0.05) is 44.2 Å². The van der Waals surface area contributed by atoms with E-state index in [1.54, 1.807) is 0 Å². The first-order valence-electron chi connectivity index (χ1n) is 10.2. The fourth-order valence-corrected chi connectivity index (χ4v) is 3.65. The molecule has 0 bridgehead atoms. The molecule has 1 fully saturated rings. The first kappa shape index (κ1) is 21.4. The van der Waals surface area contributed by atoms with E-state index in [1.807, 2.05) is 48.2 Å². The van der Waals surface area contributed by atoms with Gasteiger partial charge in [0.15, 0.2) is 0 Å². The van der Waals surface area contributed by atoms with Crippen molar-refractivity contribution < 1.29 is 9.53 Å². The molecular weight excluding hydrogens is 384 g/mol. The molecular formula is C24H29ClN2O2. The van der Waals surface area contributed by atoms with Crippen molar-refractivity contribution in [2.75, 3.05) is 39.3 Å². The van der Waals surface area contributed by atoms with E-state index in [1.165, 1.54) is 5.56 Å². The van der Waals surface area contributed by atoms with Gasteiger partial charge in [-0.15, -0.1) is 0 Å². The van der Waals surface area contributed by atoms with Crippen molar-refractivity contribution in [1.29, 1.82) is 0 Å². The number of hydrogen-bond donors (Lipinski definition) is 0. The molecule has 2 aromatic carbocycles. The Hall–Kier alpha value is -2.30. The lowest BCUT2D eigenvalue weighted by atomic mass is 10.2. The highest BCUT2D eigenvalue weighted by Crippen LogP contribution is 2.22. The molecule has 3 rings (SSSR count). The number of rotatable bonds is 8. The number of carbonyl (C=O) groups is 1. The molecule has 1 aliphatic rings. The van der Waals surface area contributed by atoms with Crippen LogP contribution in [0.15, 0.2) is 54.6 Å². The van der Waals surface area contributed by atoms with E-state index in [2.05, 4.69) is 29.2 Å². The maximum Gasteiger partial charge on any atom is 0.222 e. The second-order valence-electron chi connectivity index (χ2n) is 7.36. The number of aryl methyl sites for hydroxylation is 1. The van der Waals surface area contributed by atoms with Crippen molar-refractivity contribution in [3.8, 4) is 5.75 Å². The maximum atomic E-state index is 12.4. The highest BCUT2D eigenvalue weighted by atomic mass is 35.5. The van der Waals surface area contributed by atoms with Gasteiger partial charge in [0.1, 0.15) is 5.75 Å². The van der Waals surface area contributed by atoms with Gasteiger partial charge in [-0.05, 0) is 42.7 Å². The molecule has 5 heteroatoms. The number of halogens is 1. The summed E-state index contributed by atoms with van der Waals surface area (Å²) >= 11 is 5.96. The zero-order chi connectivity index (χ0) is 20.5. The molecule has 0 saturated carbocycles. The summed E-state index contributed by atoms with van der Waals surface area (Å²) < 4.78 is 5.78. The van der Waals surface area contributed by atoms with E-state index in [-0.39, 0.29) is 5.91 Å². The molecule has 154 valence electrons. The van der Waals surface area contributed by atoms with E-state index in [9.17, 15) is 4.79 Å². The van der Waals surface area contributed by atoms with Crippen LogP contribution in [-0.2, 0) is 4.79 Å². The summed E-state index contributed by atoms with van der Waals surface area (Å²) in [5, 5.41) is 0.708. The minimum Gasteiger partial charge on any atom is -0.493 e. The fraction of sp³-hybridized carbons (Fsp3) is 0.375. The largest absolute Gasteiger partial charge is 0.493 e. The van der Waals surface area contributed by atoms with Crippen LogP contribution < -0.4 is 4.74 Å². The molecule has 0 radical (unpaired) electrons. The Bertz CT molecular complexity index is 815. The monoisotopic (exact) mass is 412 g/mol. The second-order valence-corrected chi connectivity index (χ2v) is 7.79. The van der Waals surface area contributed by atoms with E-state index in [4.69, 9.17) is 16.3 Å². The van der Waals surface area contributed by atoms with Crippen LogP contribution >= 0.6 is 11.6 Å². The lowest BCUT2D eigenvalue weighted by Crippen LogP contribution is -2.48. The summed E-state index contributed by atoms with van der Waals surface area (Å²) in [5.41, 5.74) is 2.23. The zero-order valence-corrected chi connectivity index (χ0v) is 17.8. The van der Waals surface area contributed by atoms with Crippen LogP contribution in [0, 0.1) is 6.92 Å². The summed E-state index contributed by atoms with van der Waals surface area (Å²) in [6.07, 6.45) is 5.60. The molecule has 29 heavy (non-hydrogen) atoms. The standard InChI is InChI=1S/C24H29ClN2O2/c1-20-19-22(25)11-12-23(20)29-18-6-10-24(28)27-16-14-26(15-17-27)13-5-9-21-7-3-2-4-8-21/h2-5,7-9,11-12,19H,6,10,13-18H2,1H3. The smallest absolute Gasteiger partial charge is 0.222 e.